The number of rotatable bonds is 9. The van der Waals surface area contributed by atoms with Crippen LogP contribution >= 0.6 is 0 Å². The fourth-order valence-electron chi connectivity index (χ4n) is 3.72. The van der Waals surface area contributed by atoms with E-state index in [0.717, 1.165) is 71.4 Å². The van der Waals surface area contributed by atoms with Gasteiger partial charge in [-0.15, -0.1) is 0 Å². The van der Waals surface area contributed by atoms with E-state index in [9.17, 15) is 0 Å². The van der Waals surface area contributed by atoms with Crippen LogP contribution in [0, 0.1) is 5.41 Å². The van der Waals surface area contributed by atoms with Crippen LogP contribution in [-0.4, -0.2) is 68.2 Å². The van der Waals surface area contributed by atoms with Gasteiger partial charge in [0.05, 0.1) is 0 Å². The number of nitrogens with zero attached hydrogens (tertiary/aromatic N) is 3. The largest absolute Gasteiger partial charge is 0.382 e. The van der Waals surface area contributed by atoms with Gasteiger partial charge in [-0.25, -0.2) is 0 Å². The second-order valence-corrected chi connectivity index (χ2v) is 7.87. The van der Waals surface area contributed by atoms with Crippen molar-refractivity contribution in [2.24, 2.45) is 10.4 Å². The number of aliphatic imine (C=N–C) groups is 1. The molecule has 5 nitrogen and oxygen atoms in total. The van der Waals surface area contributed by atoms with Crippen LogP contribution in [0.15, 0.2) is 35.3 Å². The highest BCUT2D eigenvalue weighted by Gasteiger charge is 2.42. The molecule has 0 atom stereocenters. The fourth-order valence-corrected chi connectivity index (χ4v) is 3.72. The first-order valence-corrected chi connectivity index (χ1v) is 10.6. The Balaban J connectivity index is 1.49. The van der Waals surface area contributed by atoms with Crippen molar-refractivity contribution in [2.75, 3.05) is 52.5 Å². The van der Waals surface area contributed by atoms with E-state index in [2.05, 4.69) is 59.3 Å². The van der Waals surface area contributed by atoms with Gasteiger partial charge in [-0.2, -0.15) is 0 Å². The van der Waals surface area contributed by atoms with Crippen LogP contribution in [0.4, 0.5) is 0 Å². The van der Waals surface area contributed by atoms with Gasteiger partial charge in [-0.05, 0) is 44.1 Å². The Bertz CT molecular complexity index is 577. The summed E-state index contributed by atoms with van der Waals surface area (Å²) >= 11 is 0. The normalized spacial score (nSPS) is 19.9. The number of ether oxygens (including phenoxy) is 1. The highest BCUT2D eigenvalue weighted by molar-refractivity contribution is 5.80. The molecule has 1 aliphatic heterocycles. The Hall–Kier alpha value is -1.59. The van der Waals surface area contributed by atoms with E-state index in [4.69, 9.17) is 9.73 Å². The molecule has 1 saturated heterocycles. The Morgan fingerprint density at radius 2 is 1.85 bits per heavy atom. The van der Waals surface area contributed by atoms with Gasteiger partial charge in [0.1, 0.15) is 0 Å². The zero-order chi connectivity index (χ0) is 19.0. The summed E-state index contributed by atoms with van der Waals surface area (Å²) in [6, 6.07) is 10.8. The Kier molecular flexibility index (Phi) is 7.53. The van der Waals surface area contributed by atoms with Gasteiger partial charge in [0.2, 0.25) is 0 Å². The minimum absolute atomic E-state index is 0.408. The maximum Gasteiger partial charge on any atom is 0.194 e. The van der Waals surface area contributed by atoms with Gasteiger partial charge < -0.3 is 15.0 Å². The molecular weight excluding hydrogens is 336 g/mol. The molecule has 1 heterocycles. The summed E-state index contributed by atoms with van der Waals surface area (Å²) in [5, 5.41) is 3.51. The number of benzene rings is 1. The molecule has 0 spiro atoms. The molecule has 1 aromatic carbocycles. The van der Waals surface area contributed by atoms with Crippen molar-refractivity contribution < 1.29 is 4.74 Å². The van der Waals surface area contributed by atoms with Crippen molar-refractivity contribution in [2.45, 2.75) is 39.7 Å². The summed E-state index contributed by atoms with van der Waals surface area (Å²) in [4.78, 5) is 9.99. The van der Waals surface area contributed by atoms with E-state index in [1.807, 2.05) is 0 Å². The molecule has 3 rings (SSSR count). The van der Waals surface area contributed by atoms with Crippen LogP contribution in [0.1, 0.15) is 38.7 Å². The molecule has 2 aliphatic rings. The second-order valence-electron chi connectivity index (χ2n) is 7.87. The van der Waals surface area contributed by atoms with Crippen LogP contribution in [-0.2, 0) is 11.3 Å². The Morgan fingerprint density at radius 3 is 2.48 bits per heavy atom. The smallest absolute Gasteiger partial charge is 0.194 e. The third-order valence-corrected chi connectivity index (χ3v) is 5.76. The van der Waals surface area contributed by atoms with E-state index < -0.39 is 0 Å². The van der Waals surface area contributed by atoms with Gasteiger partial charge >= 0.3 is 0 Å². The van der Waals surface area contributed by atoms with Crippen molar-refractivity contribution in [1.82, 2.24) is 15.1 Å². The Morgan fingerprint density at radius 1 is 1.11 bits per heavy atom. The summed E-state index contributed by atoms with van der Waals surface area (Å²) in [5.74, 6) is 1.10. The van der Waals surface area contributed by atoms with Crippen molar-refractivity contribution in [3.63, 3.8) is 0 Å². The molecule has 1 N–H and O–H groups in total. The van der Waals surface area contributed by atoms with Crippen LogP contribution in [0.25, 0.3) is 0 Å². The molecule has 2 fully saturated rings. The van der Waals surface area contributed by atoms with Gasteiger partial charge in [0, 0.05) is 59.0 Å². The van der Waals surface area contributed by atoms with Crippen LogP contribution in [0.3, 0.4) is 0 Å². The maximum atomic E-state index is 5.56. The Labute approximate surface area is 164 Å². The molecule has 0 aromatic heterocycles. The number of guanidine groups is 1. The molecule has 0 unspecified atom stereocenters. The van der Waals surface area contributed by atoms with Crippen molar-refractivity contribution in [3.8, 4) is 0 Å². The SMILES string of the molecule is CCNC(=NCC1(CCOCC)CC1)N1CCN(Cc2ccccc2)CC1. The van der Waals surface area contributed by atoms with Crippen LogP contribution < -0.4 is 5.32 Å². The van der Waals surface area contributed by atoms with E-state index >= 15 is 0 Å². The van der Waals surface area contributed by atoms with Crippen molar-refractivity contribution in [3.05, 3.63) is 35.9 Å². The van der Waals surface area contributed by atoms with E-state index in [-0.39, 0.29) is 0 Å². The minimum Gasteiger partial charge on any atom is -0.382 e. The lowest BCUT2D eigenvalue weighted by atomic mass is 10.0. The number of nitrogens with one attached hydrogen (secondary N) is 1. The summed E-state index contributed by atoms with van der Waals surface area (Å²) < 4.78 is 5.56. The average Bonchev–Trinajstić information content (AvgIpc) is 3.47. The molecule has 1 aromatic rings. The summed E-state index contributed by atoms with van der Waals surface area (Å²) in [7, 11) is 0. The molecule has 150 valence electrons. The van der Waals surface area contributed by atoms with E-state index in [1.165, 1.54) is 18.4 Å². The maximum absolute atomic E-state index is 5.56. The molecule has 0 bridgehead atoms. The molecular formula is C22H36N4O. The average molecular weight is 373 g/mol. The highest BCUT2D eigenvalue weighted by atomic mass is 16.5. The lowest BCUT2D eigenvalue weighted by molar-refractivity contribution is 0.129. The van der Waals surface area contributed by atoms with Gasteiger partial charge in [0.15, 0.2) is 5.96 Å². The quantitative estimate of drug-likeness (QED) is 0.411. The third-order valence-electron chi connectivity index (χ3n) is 5.76. The molecule has 0 radical (unpaired) electrons. The molecule has 0 amide bonds. The third kappa shape index (κ3) is 6.22. The molecule has 1 saturated carbocycles. The summed E-state index contributed by atoms with van der Waals surface area (Å²) in [6.45, 7) is 13.1. The van der Waals surface area contributed by atoms with Crippen molar-refractivity contribution >= 4 is 5.96 Å². The fraction of sp³-hybridized carbons (Fsp3) is 0.682. The number of piperazine rings is 1. The lowest BCUT2D eigenvalue weighted by Crippen LogP contribution is -2.52. The first-order chi connectivity index (χ1) is 13.2. The highest BCUT2D eigenvalue weighted by Crippen LogP contribution is 2.49. The van der Waals surface area contributed by atoms with E-state index in [0.29, 0.717) is 5.41 Å². The summed E-state index contributed by atoms with van der Waals surface area (Å²) in [5.41, 5.74) is 1.81. The van der Waals surface area contributed by atoms with E-state index in [1.54, 1.807) is 0 Å². The molecule has 27 heavy (non-hydrogen) atoms. The molecule has 1 aliphatic carbocycles. The van der Waals surface area contributed by atoms with Gasteiger partial charge in [0.25, 0.3) is 0 Å². The monoisotopic (exact) mass is 372 g/mol. The summed E-state index contributed by atoms with van der Waals surface area (Å²) in [6.07, 6.45) is 3.75. The predicted molar refractivity (Wildman–Crippen MR) is 112 cm³/mol. The van der Waals surface area contributed by atoms with Crippen LogP contribution in [0.5, 0.6) is 0 Å². The number of hydrogen-bond donors (Lipinski definition) is 1. The minimum atomic E-state index is 0.408. The topological polar surface area (TPSA) is 40.1 Å². The zero-order valence-corrected chi connectivity index (χ0v) is 17.1. The zero-order valence-electron chi connectivity index (χ0n) is 17.1. The first kappa shape index (κ1) is 20.2. The standard InChI is InChI=1S/C22H36N4O/c1-3-23-21(24-19-22(10-11-22)12-17-27-4-2)26-15-13-25(14-16-26)18-20-8-6-5-7-9-20/h5-9H,3-4,10-19H2,1-2H3,(H,23,24). The van der Waals surface area contributed by atoms with Gasteiger partial charge in [-0.3, -0.25) is 9.89 Å². The second kappa shape index (κ2) is 10.1. The predicted octanol–water partition coefficient (Wildman–Crippen LogP) is 2.98. The molecule has 5 heteroatoms. The number of hydrogen-bond acceptors (Lipinski definition) is 3. The lowest BCUT2D eigenvalue weighted by Gasteiger charge is -2.36. The van der Waals surface area contributed by atoms with Crippen molar-refractivity contribution in [1.29, 1.82) is 0 Å². The van der Waals surface area contributed by atoms with Crippen LogP contribution in [0.2, 0.25) is 0 Å². The first-order valence-electron chi connectivity index (χ1n) is 10.6. The van der Waals surface area contributed by atoms with Gasteiger partial charge in [-0.1, -0.05) is 30.3 Å².